The molecule has 2 aliphatic heterocycles. The molecule has 10 rings (SSSR count). The van der Waals surface area contributed by atoms with Crippen LogP contribution in [0.5, 0.6) is 0 Å². The molecule has 9 fully saturated rings. The molecule has 2 saturated heterocycles. The highest BCUT2D eigenvalue weighted by atomic mass is 16.7. The highest BCUT2D eigenvalue weighted by Crippen LogP contribution is 2.71. The van der Waals surface area contributed by atoms with Crippen LogP contribution in [0.1, 0.15) is 152 Å². The maximum atomic E-state index is 12.4. The number of rotatable bonds is 6. The molecule has 0 spiro atoms. The quantitative estimate of drug-likeness (QED) is 0.272. The summed E-state index contributed by atoms with van der Waals surface area (Å²) in [6.45, 7) is 21.9. The second-order valence-electron chi connectivity index (χ2n) is 23.4. The molecule has 0 amide bonds. The van der Waals surface area contributed by atoms with Crippen LogP contribution in [-0.2, 0) is 28.5 Å². The number of hydrogen-bond donors (Lipinski definition) is 2. The molecule has 60 heavy (non-hydrogen) atoms. The fraction of sp³-hybridized carbons (Fsp3) is 0.923. The van der Waals surface area contributed by atoms with Crippen LogP contribution in [0, 0.1) is 98.6 Å². The Labute approximate surface area is 362 Å². The van der Waals surface area contributed by atoms with Gasteiger partial charge < -0.3 is 29.2 Å². The van der Waals surface area contributed by atoms with Crippen molar-refractivity contribution in [3.63, 3.8) is 0 Å². The standard InChI is InChI=1S/C26H42O4.C26H40O4/c2*1-5-17-21-14-16(27)8-10-26(21,4)20-9-11-25(3)18(15(2)24-29-12-13-30-24)6-7-19(25)22(20)23(17)28/h15,17-24,28H,5-14H2,1-4H3;14-15,17-20,22-24,28H,5-13H2,1-4H3/t15-,17-,18+,19?,20?,21-,22?,23+,25+,26+;15-,17-,18+,19?,20?,22?,23+,25+,26+/m00/s1. The molecule has 8 aliphatic carbocycles. The zero-order chi connectivity index (χ0) is 42.5. The van der Waals surface area contributed by atoms with E-state index in [-0.39, 0.29) is 64.1 Å². The summed E-state index contributed by atoms with van der Waals surface area (Å²) in [4.78, 5) is 24.6. The van der Waals surface area contributed by atoms with E-state index >= 15 is 0 Å². The minimum absolute atomic E-state index is 0.0470. The van der Waals surface area contributed by atoms with Gasteiger partial charge in [0.1, 0.15) is 5.78 Å². The van der Waals surface area contributed by atoms with Crippen molar-refractivity contribution in [3.05, 3.63) is 11.6 Å². The van der Waals surface area contributed by atoms with Crippen LogP contribution in [-0.4, -0.2) is 73.0 Å². The molecule has 8 nitrogen and oxygen atoms in total. The summed E-state index contributed by atoms with van der Waals surface area (Å²) in [6.07, 6.45) is 17.0. The Morgan fingerprint density at radius 3 is 1.67 bits per heavy atom. The number of aliphatic hydroxyl groups is 2. The highest BCUT2D eigenvalue weighted by Gasteiger charge is 2.66. The highest BCUT2D eigenvalue weighted by molar-refractivity contribution is 5.91. The van der Waals surface area contributed by atoms with Crippen LogP contribution in [0.25, 0.3) is 0 Å². The Hall–Kier alpha value is -1.16. The molecule has 0 aromatic carbocycles. The Morgan fingerprint density at radius 1 is 0.617 bits per heavy atom. The fourth-order valence-electron chi connectivity index (χ4n) is 18.5. The lowest BCUT2D eigenvalue weighted by molar-refractivity contribution is -0.198. The normalized spacial score (nSPS) is 51.2. The maximum Gasteiger partial charge on any atom is 0.160 e. The summed E-state index contributed by atoms with van der Waals surface area (Å²) in [5, 5.41) is 23.4. The van der Waals surface area contributed by atoms with Crippen molar-refractivity contribution in [2.24, 2.45) is 98.6 Å². The average molecular weight is 835 g/mol. The third-order valence-corrected chi connectivity index (χ3v) is 21.5. The third-order valence-electron chi connectivity index (χ3n) is 21.5. The third kappa shape index (κ3) is 6.68. The minimum atomic E-state index is -0.317. The lowest BCUT2D eigenvalue weighted by atomic mass is 9.41. The first-order valence-corrected chi connectivity index (χ1v) is 25.2. The monoisotopic (exact) mass is 835 g/mol. The number of ketones is 2. The first-order valence-electron chi connectivity index (χ1n) is 25.2. The zero-order valence-electron chi connectivity index (χ0n) is 38.7. The predicted molar refractivity (Wildman–Crippen MR) is 231 cm³/mol. The lowest BCUT2D eigenvalue weighted by Crippen LogP contribution is -2.62. The number of Topliss-reactive ketones (excluding diaryl/α,β-unsaturated/α-hetero) is 1. The van der Waals surface area contributed by atoms with E-state index in [0.717, 1.165) is 58.5 Å². The number of carbonyl (C=O) groups is 2. The zero-order valence-corrected chi connectivity index (χ0v) is 38.7. The average Bonchev–Trinajstić information content (AvgIpc) is 4.06. The Kier molecular flexibility index (Phi) is 12.0. The SMILES string of the molecule is CC[C@@H]1[C@@H](O)C2C3CC[C@H]([C@H](C)C4OCCO4)[C@@]3(C)CCC2[C@@]2(C)CCC(=O)C[C@@H]12.CC[C@H]1C2=CC(=O)CC[C@]2(C)C2CC[C@@]3(C)C(CC[C@@H]3[C@H](C)C3OCCO3)C2[C@@H]1O. The van der Waals surface area contributed by atoms with Crippen molar-refractivity contribution in [3.8, 4) is 0 Å². The minimum Gasteiger partial charge on any atom is -0.393 e. The van der Waals surface area contributed by atoms with E-state index < -0.39 is 0 Å². The smallest absolute Gasteiger partial charge is 0.160 e. The van der Waals surface area contributed by atoms with Gasteiger partial charge in [-0.25, -0.2) is 0 Å². The number of hydrogen-bond acceptors (Lipinski definition) is 8. The molecule has 0 bridgehead atoms. The number of ether oxygens (including phenoxy) is 4. The van der Waals surface area contributed by atoms with Crippen molar-refractivity contribution in [2.45, 2.75) is 176 Å². The fourth-order valence-corrected chi connectivity index (χ4v) is 18.5. The van der Waals surface area contributed by atoms with E-state index in [0.29, 0.717) is 83.7 Å². The summed E-state index contributed by atoms with van der Waals surface area (Å²) >= 11 is 0. The van der Waals surface area contributed by atoms with Gasteiger partial charge in [-0.15, -0.1) is 0 Å². The largest absolute Gasteiger partial charge is 0.393 e. The summed E-state index contributed by atoms with van der Waals surface area (Å²) in [7, 11) is 0. The molecular weight excluding hydrogens is 753 g/mol. The summed E-state index contributed by atoms with van der Waals surface area (Å²) in [6, 6.07) is 0. The molecule has 10 aliphatic rings. The van der Waals surface area contributed by atoms with Crippen LogP contribution < -0.4 is 0 Å². The number of carbonyl (C=O) groups excluding carboxylic acids is 2. The van der Waals surface area contributed by atoms with Crippen LogP contribution in [0.2, 0.25) is 0 Å². The van der Waals surface area contributed by atoms with E-state index in [1.807, 2.05) is 6.08 Å². The van der Waals surface area contributed by atoms with Gasteiger partial charge in [0.05, 0.1) is 38.6 Å². The second-order valence-corrected chi connectivity index (χ2v) is 23.4. The van der Waals surface area contributed by atoms with Gasteiger partial charge in [0.15, 0.2) is 18.4 Å². The van der Waals surface area contributed by atoms with Crippen LogP contribution in [0.3, 0.4) is 0 Å². The number of aliphatic hydroxyl groups excluding tert-OH is 2. The summed E-state index contributed by atoms with van der Waals surface area (Å²) in [5.74, 6) is 6.47. The predicted octanol–water partition coefficient (Wildman–Crippen LogP) is 9.58. The lowest BCUT2D eigenvalue weighted by Gasteiger charge is -2.64. The van der Waals surface area contributed by atoms with E-state index in [9.17, 15) is 19.8 Å². The van der Waals surface area contributed by atoms with Crippen LogP contribution >= 0.6 is 0 Å². The summed E-state index contributed by atoms with van der Waals surface area (Å²) in [5.41, 5.74) is 2.09. The topological polar surface area (TPSA) is 112 Å². The Morgan fingerprint density at radius 2 is 1.13 bits per heavy atom. The van der Waals surface area contributed by atoms with E-state index in [4.69, 9.17) is 18.9 Å². The van der Waals surface area contributed by atoms with Crippen molar-refractivity contribution in [1.29, 1.82) is 0 Å². The van der Waals surface area contributed by atoms with Crippen molar-refractivity contribution in [2.75, 3.05) is 26.4 Å². The van der Waals surface area contributed by atoms with Gasteiger partial charge in [0.2, 0.25) is 0 Å². The first-order chi connectivity index (χ1) is 28.6. The van der Waals surface area contributed by atoms with Gasteiger partial charge in [-0.3, -0.25) is 9.59 Å². The van der Waals surface area contributed by atoms with Gasteiger partial charge in [0, 0.05) is 37.0 Å². The van der Waals surface area contributed by atoms with Crippen molar-refractivity contribution < 1.29 is 38.7 Å². The van der Waals surface area contributed by atoms with Gasteiger partial charge in [0.25, 0.3) is 0 Å². The summed E-state index contributed by atoms with van der Waals surface area (Å²) < 4.78 is 23.6. The maximum absolute atomic E-state index is 12.4. The Balaban J connectivity index is 0.000000154. The number of fused-ring (bicyclic) bond motifs is 10. The van der Waals surface area contributed by atoms with Gasteiger partial charge in [-0.2, -0.15) is 0 Å². The van der Waals surface area contributed by atoms with Gasteiger partial charge in [-0.1, -0.05) is 67.4 Å². The molecule has 0 aromatic heterocycles. The molecule has 2 N–H and O–H groups in total. The van der Waals surface area contributed by atoms with Crippen LogP contribution in [0.4, 0.5) is 0 Å². The molecule has 0 aromatic rings. The molecule has 6 unspecified atom stereocenters. The van der Waals surface area contributed by atoms with Gasteiger partial charge in [-0.05, 0) is 158 Å². The van der Waals surface area contributed by atoms with Crippen molar-refractivity contribution in [1.82, 2.24) is 0 Å². The molecule has 19 atom stereocenters. The molecule has 8 heteroatoms. The molecule has 7 saturated carbocycles. The Bertz CT molecular complexity index is 1630. The van der Waals surface area contributed by atoms with E-state index in [2.05, 4.69) is 55.4 Å². The molecule has 338 valence electrons. The first kappa shape index (κ1) is 44.1. The molecule has 2 heterocycles. The second kappa shape index (κ2) is 16.4. The van der Waals surface area contributed by atoms with Crippen LogP contribution in [0.15, 0.2) is 11.6 Å². The van der Waals surface area contributed by atoms with E-state index in [1.165, 1.54) is 56.9 Å². The molecule has 0 radical (unpaired) electrons. The molecular formula is C52H82O8. The van der Waals surface area contributed by atoms with E-state index in [1.54, 1.807) is 0 Å². The van der Waals surface area contributed by atoms with Crippen molar-refractivity contribution >= 4 is 11.6 Å². The van der Waals surface area contributed by atoms with Gasteiger partial charge >= 0.3 is 0 Å².